The minimum Gasteiger partial charge on any atom is -0.381 e. The summed E-state index contributed by atoms with van der Waals surface area (Å²) < 4.78 is 18.8. The van der Waals surface area contributed by atoms with Gasteiger partial charge in [-0.3, -0.25) is 9.59 Å². The Kier molecular flexibility index (Phi) is 7.41. The molecule has 1 aromatic carbocycles. The number of nitrogens with two attached hydrogens (primary N) is 1. The van der Waals surface area contributed by atoms with Crippen molar-refractivity contribution in [3.63, 3.8) is 0 Å². The van der Waals surface area contributed by atoms with E-state index in [9.17, 15) is 14.0 Å². The number of rotatable bonds is 4. The van der Waals surface area contributed by atoms with E-state index in [1.165, 1.54) is 25.1 Å². The third-order valence-corrected chi connectivity index (χ3v) is 3.62. The van der Waals surface area contributed by atoms with Gasteiger partial charge in [0.05, 0.1) is 11.7 Å². The van der Waals surface area contributed by atoms with Crippen molar-refractivity contribution in [1.29, 1.82) is 0 Å². The molecule has 128 valence electrons. The number of hydrogen-bond donors (Lipinski definition) is 3. The van der Waals surface area contributed by atoms with Gasteiger partial charge < -0.3 is 21.1 Å². The van der Waals surface area contributed by atoms with Crippen LogP contribution in [0.1, 0.15) is 19.8 Å². The Labute approximate surface area is 140 Å². The summed E-state index contributed by atoms with van der Waals surface area (Å²) in [5, 5.41) is 5.02. The lowest BCUT2D eigenvalue weighted by Crippen LogP contribution is -2.44. The molecule has 1 aliphatic rings. The largest absolute Gasteiger partial charge is 0.381 e. The molecule has 2 amide bonds. The standard InChI is InChI=1S/C15H20FN3O3.ClH/c1-9(20)18-13-8-11(2-3-12(13)16)19-15(21)14(17)10-4-6-22-7-5-10;/h2-3,8,10,14H,4-7,17H2,1H3,(H,18,20)(H,19,21);1H. The molecule has 2 rings (SSSR count). The Morgan fingerprint density at radius 3 is 2.57 bits per heavy atom. The molecule has 1 atom stereocenters. The van der Waals surface area contributed by atoms with Gasteiger partial charge >= 0.3 is 0 Å². The number of hydrogen-bond acceptors (Lipinski definition) is 4. The minimum absolute atomic E-state index is 0. The highest BCUT2D eigenvalue weighted by atomic mass is 35.5. The van der Waals surface area contributed by atoms with Gasteiger partial charge in [-0.1, -0.05) is 0 Å². The maximum atomic E-state index is 13.6. The highest BCUT2D eigenvalue weighted by molar-refractivity contribution is 5.96. The Bertz CT molecular complexity index is 565. The predicted molar refractivity (Wildman–Crippen MR) is 88.1 cm³/mol. The minimum atomic E-state index is -0.641. The molecule has 1 aromatic rings. The van der Waals surface area contributed by atoms with Gasteiger partial charge in [-0.25, -0.2) is 4.39 Å². The molecule has 0 radical (unpaired) electrons. The van der Waals surface area contributed by atoms with Crippen molar-refractivity contribution < 1.29 is 18.7 Å². The lowest BCUT2D eigenvalue weighted by atomic mass is 9.92. The van der Waals surface area contributed by atoms with Gasteiger partial charge in [-0.05, 0) is 37.0 Å². The van der Waals surface area contributed by atoms with E-state index in [1.54, 1.807) is 0 Å². The molecule has 0 bridgehead atoms. The number of carbonyl (C=O) groups is 2. The fourth-order valence-corrected chi connectivity index (χ4v) is 2.40. The fraction of sp³-hybridized carbons (Fsp3) is 0.467. The summed E-state index contributed by atoms with van der Waals surface area (Å²) in [6, 6.07) is 3.33. The SMILES string of the molecule is CC(=O)Nc1cc(NC(=O)C(N)C2CCOCC2)ccc1F.Cl. The summed E-state index contributed by atoms with van der Waals surface area (Å²) in [5.74, 6) is -1.21. The van der Waals surface area contributed by atoms with E-state index in [1.807, 2.05) is 0 Å². The van der Waals surface area contributed by atoms with E-state index in [0.717, 1.165) is 12.8 Å². The summed E-state index contributed by atoms with van der Waals surface area (Å²) in [7, 11) is 0. The second kappa shape index (κ2) is 8.81. The zero-order valence-corrected chi connectivity index (χ0v) is 13.6. The van der Waals surface area contributed by atoms with Crippen LogP contribution >= 0.6 is 12.4 Å². The van der Waals surface area contributed by atoms with E-state index in [-0.39, 0.29) is 35.8 Å². The molecular formula is C15H21ClFN3O3. The monoisotopic (exact) mass is 345 g/mol. The van der Waals surface area contributed by atoms with E-state index in [0.29, 0.717) is 18.9 Å². The van der Waals surface area contributed by atoms with Crippen LogP contribution in [0.3, 0.4) is 0 Å². The maximum absolute atomic E-state index is 13.6. The van der Waals surface area contributed by atoms with E-state index in [4.69, 9.17) is 10.5 Å². The molecule has 1 heterocycles. The Morgan fingerprint density at radius 1 is 1.30 bits per heavy atom. The molecule has 6 nitrogen and oxygen atoms in total. The van der Waals surface area contributed by atoms with Crippen molar-refractivity contribution in [2.24, 2.45) is 11.7 Å². The first kappa shape index (κ1) is 19.3. The van der Waals surface area contributed by atoms with Gasteiger partial charge in [0, 0.05) is 25.8 Å². The molecule has 23 heavy (non-hydrogen) atoms. The molecule has 0 aromatic heterocycles. The Balaban J connectivity index is 0.00000264. The first-order valence-electron chi connectivity index (χ1n) is 7.18. The number of ether oxygens (including phenoxy) is 1. The lowest BCUT2D eigenvalue weighted by molar-refractivity contribution is -0.119. The summed E-state index contributed by atoms with van der Waals surface area (Å²) in [6.07, 6.45) is 1.49. The number of carbonyl (C=O) groups excluding carboxylic acids is 2. The maximum Gasteiger partial charge on any atom is 0.241 e. The van der Waals surface area contributed by atoms with E-state index < -0.39 is 11.9 Å². The summed E-state index contributed by atoms with van der Waals surface area (Å²) in [6.45, 7) is 2.50. The number of benzene rings is 1. The van der Waals surface area contributed by atoms with Crippen LogP contribution in [0.15, 0.2) is 18.2 Å². The van der Waals surface area contributed by atoms with Crippen LogP contribution in [0.4, 0.5) is 15.8 Å². The molecule has 0 aliphatic carbocycles. The van der Waals surface area contributed by atoms with Crippen LogP contribution in [-0.4, -0.2) is 31.1 Å². The first-order valence-corrected chi connectivity index (χ1v) is 7.18. The first-order chi connectivity index (χ1) is 10.5. The van der Waals surface area contributed by atoms with Crippen molar-refractivity contribution in [3.05, 3.63) is 24.0 Å². The molecule has 1 saturated heterocycles. The highest BCUT2D eigenvalue weighted by Gasteiger charge is 2.26. The molecular weight excluding hydrogens is 325 g/mol. The topological polar surface area (TPSA) is 93.5 Å². The fourth-order valence-electron chi connectivity index (χ4n) is 2.40. The lowest BCUT2D eigenvalue weighted by Gasteiger charge is -2.26. The van der Waals surface area contributed by atoms with Gasteiger partial charge in [0.2, 0.25) is 11.8 Å². The summed E-state index contributed by atoms with van der Waals surface area (Å²) >= 11 is 0. The van der Waals surface area contributed by atoms with Gasteiger partial charge in [-0.2, -0.15) is 0 Å². The average molecular weight is 346 g/mol. The van der Waals surface area contributed by atoms with Crippen LogP contribution in [-0.2, 0) is 14.3 Å². The van der Waals surface area contributed by atoms with Crippen molar-refractivity contribution in [2.45, 2.75) is 25.8 Å². The second-order valence-corrected chi connectivity index (χ2v) is 5.34. The van der Waals surface area contributed by atoms with Gasteiger partial charge in [0.15, 0.2) is 0 Å². The van der Waals surface area contributed by atoms with Crippen LogP contribution in [0.2, 0.25) is 0 Å². The van der Waals surface area contributed by atoms with Crippen molar-refractivity contribution in [2.75, 3.05) is 23.8 Å². The van der Waals surface area contributed by atoms with Crippen molar-refractivity contribution >= 4 is 35.6 Å². The zero-order chi connectivity index (χ0) is 16.1. The van der Waals surface area contributed by atoms with Crippen LogP contribution < -0.4 is 16.4 Å². The third-order valence-electron chi connectivity index (χ3n) is 3.62. The highest BCUT2D eigenvalue weighted by Crippen LogP contribution is 2.22. The van der Waals surface area contributed by atoms with Gasteiger partial charge in [0.1, 0.15) is 5.82 Å². The quantitative estimate of drug-likeness (QED) is 0.777. The molecule has 0 saturated carbocycles. The third kappa shape index (κ3) is 5.46. The summed E-state index contributed by atoms with van der Waals surface area (Å²) in [4.78, 5) is 23.2. The normalized spacial score (nSPS) is 16.1. The smallest absolute Gasteiger partial charge is 0.241 e. The molecule has 4 N–H and O–H groups in total. The number of nitrogens with one attached hydrogen (secondary N) is 2. The van der Waals surface area contributed by atoms with Crippen LogP contribution in [0.25, 0.3) is 0 Å². The van der Waals surface area contributed by atoms with E-state index >= 15 is 0 Å². The summed E-state index contributed by atoms with van der Waals surface area (Å²) in [5.41, 5.74) is 6.38. The predicted octanol–water partition coefficient (Wildman–Crippen LogP) is 1.90. The molecule has 1 aliphatic heterocycles. The number of halogens is 2. The van der Waals surface area contributed by atoms with E-state index in [2.05, 4.69) is 10.6 Å². The average Bonchev–Trinajstić information content (AvgIpc) is 2.50. The Morgan fingerprint density at radius 2 is 1.96 bits per heavy atom. The second-order valence-electron chi connectivity index (χ2n) is 5.34. The molecule has 0 spiro atoms. The number of anilines is 2. The van der Waals surface area contributed by atoms with Crippen LogP contribution in [0.5, 0.6) is 0 Å². The zero-order valence-electron chi connectivity index (χ0n) is 12.8. The van der Waals surface area contributed by atoms with Gasteiger partial charge in [0.25, 0.3) is 0 Å². The Hall–Kier alpha value is -1.70. The van der Waals surface area contributed by atoms with Crippen molar-refractivity contribution in [3.8, 4) is 0 Å². The number of amides is 2. The molecule has 8 heteroatoms. The van der Waals surface area contributed by atoms with Crippen molar-refractivity contribution in [1.82, 2.24) is 0 Å². The molecule has 1 fully saturated rings. The van der Waals surface area contributed by atoms with Gasteiger partial charge in [-0.15, -0.1) is 12.4 Å². The van der Waals surface area contributed by atoms with Crippen LogP contribution in [0, 0.1) is 11.7 Å². The molecule has 1 unspecified atom stereocenters.